The molecule has 1 atom stereocenters. The van der Waals surface area contributed by atoms with Crippen molar-refractivity contribution in [1.29, 1.82) is 0 Å². The zero-order valence-corrected chi connectivity index (χ0v) is 13.0. The van der Waals surface area contributed by atoms with Crippen molar-refractivity contribution in [3.05, 3.63) is 11.4 Å². The summed E-state index contributed by atoms with van der Waals surface area (Å²) in [6, 6.07) is -0.0491. The van der Waals surface area contributed by atoms with Gasteiger partial charge >= 0.3 is 0 Å². The van der Waals surface area contributed by atoms with Crippen molar-refractivity contribution in [2.75, 3.05) is 28.7 Å². The summed E-state index contributed by atoms with van der Waals surface area (Å²) >= 11 is 0. The van der Waals surface area contributed by atoms with Crippen LogP contribution >= 0.6 is 0 Å². The van der Waals surface area contributed by atoms with E-state index in [2.05, 4.69) is 27.5 Å². The number of aromatic nitrogens is 2. The van der Waals surface area contributed by atoms with Gasteiger partial charge < -0.3 is 10.6 Å². The second-order valence-corrected chi connectivity index (χ2v) is 7.49. The van der Waals surface area contributed by atoms with Gasteiger partial charge in [-0.15, -0.1) is 0 Å². The Bertz CT molecular complexity index is 586. The van der Waals surface area contributed by atoms with Gasteiger partial charge in [-0.25, -0.2) is 18.4 Å². The Morgan fingerprint density at radius 1 is 1.25 bits per heavy atom. The molecule has 1 unspecified atom stereocenters. The van der Waals surface area contributed by atoms with E-state index >= 15 is 0 Å². The molecule has 6 nitrogen and oxygen atoms in total. The lowest BCUT2D eigenvalue weighted by Crippen LogP contribution is -2.22. The van der Waals surface area contributed by atoms with Crippen LogP contribution in [0.5, 0.6) is 0 Å². The molecule has 0 amide bonds. The fourth-order valence-electron chi connectivity index (χ4n) is 2.29. The molecular formula is C13H22N4O2S. The van der Waals surface area contributed by atoms with Crippen LogP contribution in [-0.4, -0.2) is 42.5 Å². The molecule has 0 saturated carbocycles. The summed E-state index contributed by atoms with van der Waals surface area (Å²) in [5, 5.41) is 6.53. The van der Waals surface area contributed by atoms with Gasteiger partial charge in [-0.05, 0) is 26.7 Å². The molecule has 1 aromatic heterocycles. The van der Waals surface area contributed by atoms with Crippen LogP contribution < -0.4 is 10.6 Å². The maximum absolute atomic E-state index is 11.5. The third kappa shape index (κ3) is 3.59. The normalized spacial score (nSPS) is 20.9. The minimum Gasteiger partial charge on any atom is -0.370 e. The molecule has 2 rings (SSSR count). The quantitative estimate of drug-likeness (QED) is 0.857. The first kappa shape index (κ1) is 15.0. The van der Waals surface area contributed by atoms with E-state index in [1.807, 2.05) is 13.8 Å². The second kappa shape index (κ2) is 5.95. The molecule has 0 aromatic carbocycles. The van der Waals surface area contributed by atoms with Crippen LogP contribution in [0.15, 0.2) is 0 Å². The van der Waals surface area contributed by atoms with Crippen LogP contribution in [0, 0.1) is 13.8 Å². The Morgan fingerprint density at radius 3 is 2.55 bits per heavy atom. The number of sulfone groups is 1. The van der Waals surface area contributed by atoms with E-state index in [0.717, 1.165) is 30.2 Å². The highest BCUT2D eigenvalue weighted by Crippen LogP contribution is 2.23. The molecule has 1 aromatic rings. The Labute approximate surface area is 120 Å². The maximum Gasteiger partial charge on any atom is 0.152 e. The molecule has 0 aliphatic carbocycles. The summed E-state index contributed by atoms with van der Waals surface area (Å²) in [7, 11) is -2.88. The van der Waals surface area contributed by atoms with Crippen LogP contribution in [0.1, 0.15) is 31.2 Å². The standard InChI is InChI=1S/C13H22N4O2S/c1-4-6-14-12-9(2)13(16-10(3)15-12)17-11-5-7-20(18,19)8-11/h11H,4-8H2,1-3H3,(H2,14,15,16,17). The monoisotopic (exact) mass is 298 g/mol. The van der Waals surface area contributed by atoms with Gasteiger partial charge in [0.15, 0.2) is 9.84 Å². The molecule has 1 aliphatic heterocycles. The summed E-state index contributed by atoms with van der Waals surface area (Å²) in [5.74, 6) is 2.68. The highest BCUT2D eigenvalue weighted by Gasteiger charge is 2.28. The summed E-state index contributed by atoms with van der Waals surface area (Å²) in [4.78, 5) is 8.79. The number of hydrogen-bond donors (Lipinski definition) is 2. The summed E-state index contributed by atoms with van der Waals surface area (Å²) in [5.41, 5.74) is 0.938. The van der Waals surface area contributed by atoms with E-state index in [4.69, 9.17) is 0 Å². The average molecular weight is 298 g/mol. The van der Waals surface area contributed by atoms with Crippen LogP contribution in [0.2, 0.25) is 0 Å². The number of anilines is 2. The van der Waals surface area contributed by atoms with Crippen molar-refractivity contribution in [1.82, 2.24) is 9.97 Å². The Hall–Kier alpha value is -1.37. The third-order valence-corrected chi connectivity index (χ3v) is 5.14. The molecule has 7 heteroatoms. The zero-order valence-electron chi connectivity index (χ0n) is 12.2. The van der Waals surface area contributed by atoms with Gasteiger partial charge in [-0.2, -0.15) is 0 Å². The van der Waals surface area contributed by atoms with Gasteiger partial charge in [0, 0.05) is 18.2 Å². The highest BCUT2D eigenvalue weighted by molar-refractivity contribution is 7.91. The first-order valence-corrected chi connectivity index (χ1v) is 8.79. The predicted molar refractivity (Wildman–Crippen MR) is 81.0 cm³/mol. The number of aryl methyl sites for hydroxylation is 1. The third-order valence-electron chi connectivity index (χ3n) is 3.37. The zero-order chi connectivity index (χ0) is 14.8. The van der Waals surface area contributed by atoms with Gasteiger partial charge in [-0.1, -0.05) is 6.92 Å². The average Bonchev–Trinajstić information content (AvgIpc) is 2.71. The van der Waals surface area contributed by atoms with Crippen LogP contribution in [-0.2, 0) is 9.84 Å². The SMILES string of the molecule is CCCNc1nc(C)nc(NC2CCS(=O)(=O)C2)c1C. The van der Waals surface area contributed by atoms with Crippen molar-refractivity contribution >= 4 is 21.5 Å². The van der Waals surface area contributed by atoms with E-state index in [1.54, 1.807) is 0 Å². The first-order chi connectivity index (χ1) is 9.41. The van der Waals surface area contributed by atoms with Gasteiger partial charge in [0.2, 0.25) is 0 Å². The van der Waals surface area contributed by atoms with Crippen LogP contribution in [0.25, 0.3) is 0 Å². The molecule has 1 saturated heterocycles. The van der Waals surface area contributed by atoms with Crippen molar-refractivity contribution < 1.29 is 8.42 Å². The molecule has 112 valence electrons. The largest absolute Gasteiger partial charge is 0.370 e. The van der Waals surface area contributed by atoms with Gasteiger partial charge in [0.1, 0.15) is 17.5 Å². The molecule has 1 aliphatic rings. The Morgan fingerprint density at radius 2 is 1.95 bits per heavy atom. The fraction of sp³-hybridized carbons (Fsp3) is 0.692. The minimum atomic E-state index is -2.88. The van der Waals surface area contributed by atoms with E-state index < -0.39 is 9.84 Å². The van der Waals surface area contributed by atoms with Crippen molar-refractivity contribution in [3.8, 4) is 0 Å². The van der Waals surface area contributed by atoms with Gasteiger partial charge in [0.05, 0.1) is 11.5 Å². The topological polar surface area (TPSA) is 84.0 Å². The van der Waals surface area contributed by atoms with E-state index in [1.165, 1.54) is 0 Å². The van der Waals surface area contributed by atoms with Crippen molar-refractivity contribution in [2.24, 2.45) is 0 Å². The lowest BCUT2D eigenvalue weighted by Gasteiger charge is -2.17. The molecular weight excluding hydrogens is 276 g/mol. The van der Waals surface area contributed by atoms with Crippen molar-refractivity contribution in [2.45, 2.75) is 39.7 Å². The van der Waals surface area contributed by atoms with Crippen LogP contribution in [0.3, 0.4) is 0 Å². The lowest BCUT2D eigenvalue weighted by molar-refractivity contribution is 0.602. The summed E-state index contributed by atoms with van der Waals surface area (Å²) in [6.07, 6.45) is 1.66. The van der Waals surface area contributed by atoms with Crippen LogP contribution in [0.4, 0.5) is 11.6 Å². The molecule has 0 bridgehead atoms. The molecule has 1 fully saturated rings. The lowest BCUT2D eigenvalue weighted by atomic mass is 10.2. The number of rotatable bonds is 5. The molecule has 0 radical (unpaired) electrons. The predicted octanol–water partition coefficient (Wildman–Crippen LogP) is 1.51. The number of nitrogens with zero attached hydrogens (tertiary/aromatic N) is 2. The molecule has 0 spiro atoms. The van der Waals surface area contributed by atoms with E-state index in [0.29, 0.717) is 12.2 Å². The molecule has 2 N–H and O–H groups in total. The fourth-order valence-corrected chi connectivity index (χ4v) is 3.96. The van der Waals surface area contributed by atoms with Gasteiger partial charge in [-0.3, -0.25) is 0 Å². The molecule has 2 heterocycles. The summed E-state index contributed by atoms with van der Waals surface area (Å²) < 4.78 is 23.0. The summed E-state index contributed by atoms with van der Waals surface area (Å²) in [6.45, 7) is 6.74. The maximum atomic E-state index is 11.5. The van der Waals surface area contributed by atoms with Crippen molar-refractivity contribution in [3.63, 3.8) is 0 Å². The van der Waals surface area contributed by atoms with E-state index in [-0.39, 0.29) is 17.5 Å². The van der Waals surface area contributed by atoms with Gasteiger partial charge in [0.25, 0.3) is 0 Å². The minimum absolute atomic E-state index is 0.0491. The highest BCUT2D eigenvalue weighted by atomic mass is 32.2. The second-order valence-electron chi connectivity index (χ2n) is 5.26. The number of nitrogens with one attached hydrogen (secondary N) is 2. The number of hydrogen-bond acceptors (Lipinski definition) is 6. The first-order valence-electron chi connectivity index (χ1n) is 6.97. The Balaban J connectivity index is 2.17. The van der Waals surface area contributed by atoms with E-state index in [9.17, 15) is 8.42 Å². The Kier molecular flexibility index (Phi) is 4.47. The molecule has 20 heavy (non-hydrogen) atoms. The smallest absolute Gasteiger partial charge is 0.152 e.